The number of carboxylic acids is 1. The Bertz CT molecular complexity index is 607. The Labute approximate surface area is 98.4 Å². The molecule has 86 valence electrons. The molecule has 2 rings (SSSR count). The van der Waals surface area contributed by atoms with Crippen LogP contribution >= 0.6 is 0 Å². The summed E-state index contributed by atoms with van der Waals surface area (Å²) in [6.07, 6.45) is 7.44. The second-order valence-corrected chi connectivity index (χ2v) is 3.84. The van der Waals surface area contributed by atoms with E-state index in [1.165, 1.54) is 0 Å². The number of aromatic nitrogens is 1. The Morgan fingerprint density at radius 3 is 3.00 bits per heavy atom. The first-order valence-corrected chi connectivity index (χ1v) is 5.17. The molecule has 0 fully saturated rings. The van der Waals surface area contributed by atoms with E-state index in [0.29, 0.717) is 0 Å². The Balaban J connectivity index is 2.49. The summed E-state index contributed by atoms with van der Waals surface area (Å²) < 4.78 is 0. The van der Waals surface area contributed by atoms with Gasteiger partial charge in [0.25, 0.3) is 0 Å². The van der Waals surface area contributed by atoms with Crippen molar-refractivity contribution in [3.05, 3.63) is 35.5 Å². The highest BCUT2D eigenvalue weighted by atomic mass is 16.4. The minimum absolute atomic E-state index is 0.258. The Kier molecular flexibility index (Phi) is 2.86. The summed E-state index contributed by atoms with van der Waals surface area (Å²) in [5.41, 5.74) is 8.00. The number of aliphatic carboxylic acids is 1. The third-order valence-corrected chi connectivity index (χ3v) is 2.70. The van der Waals surface area contributed by atoms with E-state index >= 15 is 0 Å². The van der Waals surface area contributed by atoms with Crippen LogP contribution in [-0.2, 0) is 11.2 Å². The van der Waals surface area contributed by atoms with E-state index in [2.05, 4.69) is 10.9 Å². The third-order valence-electron chi connectivity index (χ3n) is 2.70. The molecule has 1 aromatic heterocycles. The number of carboxylic acid groups (broad SMARTS) is 1. The molecule has 1 aromatic carbocycles. The van der Waals surface area contributed by atoms with Crippen molar-refractivity contribution in [3.8, 4) is 12.3 Å². The van der Waals surface area contributed by atoms with Crippen molar-refractivity contribution >= 4 is 16.9 Å². The number of H-pyrrole nitrogens is 1. The fourth-order valence-electron chi connectivity index (χ4n) is 1.86. The van der Waals surface area contributed by atoms with Gasteiger partial charge >= 0.3 is 5.97 Å². The summed E-state index contributed by atoms with van der Waals surface area (Å²) in [6.45, 7) is 0. The molecule has 1 heterocycles. The van der Waals surface area contributed by atoms with E-state index in [9.17, 15) is 4.79 Å². The van der Waals surface area contributed by atoms with Gasteiger partial charge in [0.15, 0.2) is 0 Å². The molecule has 1 atom stereocenters. The molecule has 4 nitrogen and oxygen atoms in total. The van der Waals surface area contributed by atoms with Gasteiger partial charge in [-0.1, -0.05) is 12.0 Å². The van der Waals surface area contributed by atoms with E-state index in [4.69, 9.17) is 17.3 Å². The van der Waals surface area contributed by atoms with Gasteiger partial charge in [0.05, 0.1) is 0 Å². The fraction of sp³-hybridized carbons (Fsp3) is 0.154. The molecule has 4 N–H and O–H groups in total. The number of aromatic amines is 1. The van der Waals surface area contributed by atoms with Crippen LogP contribution in [0.25, 0.3) is 10.9 Å². The first-order chi connectivity index (χ1) is 8.13. The minimum Gasteiger partial charge on any atom is -0.480 e. The second-order valence-electron chi connectivity index (χ2n) is 3.84. The zero-order valence-corrected chi connectivity index (χ0v) is 9.10. The van der Waals surface area contributed by atoms with E-state index < -0.39 is 12.0 Å². The standard InChI is InChI=1S/C13H12N2O2/c1-2-8-4-3-5-11-12(8)9(7-15-11)6-10(14)13(16)17/h1,3-5,7,10,15H,6,14H2,(H,16,17). The average molecular weight is 228 g/mol. The summed E-state index contributed by atoms with van der Waals surface area (Å²) >= 11 is 0. The lowest BCUT2D eigenvalue weighted by Crippen LogP contribution is -2.32. The molecular weight excluding hydrogens is 216 g/mol. The van der Waals surface area contributed by atoms with Gasteiger partial charge in [-0.2, -0.15) is 0 Å². The van der Waals surface area contributed by atoms with Crippen LogP contribution in [0, 0.1) is 12.3 Å². The SMILES string of the molecule is C#Cc1cccc2[nH]cc(CC(N)C(=O)O)c12. The molecule has 0 spiro atoms. The van der Waals surface area contributed by atoms with Crippen molar-refractivity contribution in [1.82, 2.24) is 4.98 Å². The van der Waals surface area contributed by atoms with E-state index in [-0.39, 0.29) is 6.42 Å². The number of fused-ring (bicyclic) bond motifs is 1. The third kappa shape index (κ3) is 2.01. The van der Waals surface area contributed by atoms with Crippen molar-refractivity contribution in [1.29, 1.82) is 0 Å². The van der Waals surface area contributed by atoms with Crippen molar-refractivity contribution in [3.63, 3.8) is 0 Å². The number of rotatable bonds is 3. The maximum Gasteiger partial charge on any atom is 0.320 e. The molecule has 0 saturated heterocycles. The summed E-state index contributed by atoms with van der Waals surface area (Å²) in [5, 5.41) is 9.69. The molecule has 2 aromatic rings. The molecule has 4 heteroatoms. The number of hydrogen-bond donors (Lipinski definition) is 3. The molecular formula is C13H12N2O2. The van der Waals surface area contributed by atoms with Gasteiger partial charge in [-0.3, -0.25) is 4.79 Å². The van der Waals surface area contributed by atoms with Crippen LogP contribution in [0.5, 0.6) is 0 Å². The molecule has 0 aliphatic rings. The van der Waals surface area contributed by atoms with E-state index in [1.54, 1.807) is 6.20 Å². The molecule has 0 radical (unpaired) electrons. The number of terminal acetylenes is 1. The van der Waals surface area contributed by atoms with Gasteiger partial charge < -0.3 is 15.8 Å². The lowest BCUT2D eigenvalue weighted by molar-refractivity contribution is -0.138. The van der Waals surface area contributed by atoms with Crippen LogP contribution in [0.1, 0.15) is 11.1 Å². The topological polar surface area (TPSA) is 79.1 Å². The highest BCUT2D eigenvalue weighted by molar-refractivity contribution is 5.89. The van der Waals surface area contributed by atoms with Gasteiger partial charge in [-0.25, -0.2) is 0 Å². The van der Waals surface area contributed by atoms with Crippen LogP contribution in [0.4, 0.5) is 0 Å². The predicted molar refractivity (Wildman–Crippen MR) is 65.5 cm³/mol. The van der Waals surface area contributed by atoms with Crippen molar-refractivity contribution in [2.45, 2.75) is 12.5 Å². The van der Waals surface area contributed by atoms with Gasteiger partial charge in [0, 0.05) is 29.1 Å². The fourth-order valence-corrected chi connectivity index (χ4v) is 1.86. The average Bonchev–Trinajstić information content (AvgIpc) is 2.72. The zero-order valence-electron chi connectivity index (χ0n) is 9.10. The highest BCUT2D eigenvalue weighted by Gasteiger charge is 2.15. The normalized spacial score (nSPS) is 12.2. The lowest BCUT2D eigenvalue weighted by atomic mass is 10.0. The van der Waals surface area contributed by atoms with E-state index in [1.807, 2.05) is 18.2 Å². The maximum atomic E-state index is 10.7. The summed E-state index contributed by atoms with van der Waals surface area (Å²) in [5.74, 6) is 1.57. The molecule has 0 aliphatic carbocycles. The van der Waals surface area contributed by atoms with Crippen molar-refractivity contribution in [2.75, 3.05) is 0 Å². The van der Waals surface area contributed by atoms with Crippen LogP contribution in [0.15, 0.2) is 24.4 Å². The molecule has 1 unspecified atom stereocenters. The van der Waals surface area contributed by atoms with E-state index in [0.717, 1.165) is 22.0 Å². The summed E-state index contributed by atoms with van der Waals surface area (Å²) in [4.78, 5) is 13.8. The Hall–Kier alpha value is -2.25. The van der Waals surface area contributed by atoms with Crippen LogP contribution in [-0.4, -0.2) is 22.1 Å². The first-order valence-electron chi connectivity index (χ1n) is 5.17. The Morgan fingerprint density at radius 2 is 2.35 bits per heavy atom. The minimum atomic E-state index is -1.02. The zero-order chi connectivity index (χ0) is 12.4. The molecule has 17 heavy (non-hydrogen) atoms. The van der Waals surface area contributed by atoms with Crippen LogP contribution in [0.3, 0.4) is 0 Å². The predicted octanol–water partition coefficient (Wildman–Crippen LogP) is 1.10. The van der Waals surface area contributed by atoms with Crippen molar-refractivity contribution < 1.29 is 9.90 Å². The maximum absolute atomic E-state index is 10.7. The second kappa shape index (κ2) is 4.32. The number of nitrogens with two attached hydrogens (primary N) is 1. The van der Waals surface area contributed by atoms with Gasteiger partial charge in [0.1, 0.15) is 6.04 Å². The van der Waals surface area contributed by atoms with Gasteiger partial charge in [-0.15, -0.1) is 6.42 Å². The number of benzene rings is 1. The number of nitrogens with one attached hydrogen (secondary N) is 1. The largest absolute Gasteiger partial charge is 0.480 e. The number of carbonyl (C=O) groups is 1. The smallest absolute Gasteiger partial charge is 0.320 e. The molecule has 0 amide bonds. The first kappa shape index (κ1) is 11.2. The lowest BCUT2D eigenvalue weighted by Gasteiger charge is -2.05. The highest BCUT2D eigenvalue weighted by Crippen LogP contribution is 2.23. The number of hydrogen-bond acceptors (Lipinski definition) is 2. The summed E-state index contributed by atoms with van der Waals surface area (Å²) in [7, 11) is 0. The monoisotopic (exact) mass is 228 g/mol. The summed E-state index contributed by atoms with van der Waals surface area (Å²) in [6, 6.07) is 4.66. The Morgan fingerprint density at radius 1 is 1.59 bits per heavy atom. The van der Waals surface area contributed by atoms with Gasteiger partial charge in [-0.05, 0) is 17.7 Å². The molecule has 0 saturated carbocycles. The molecule has 0 bridgehead atoms. The van der Waals surface area contributed by atoms with Crippen LogP contribution in [0.2, 0.25) is 0 Å². The van der Waals surface area contributed by atoms with Crippen molar-refractivity contribution in [2.24, 2.45) is 5.73 Å². The van der Waals surface area contributed by atoms with Crippen LogP contribution < -0.4 is 5.73 Å². The quantitative estimate of drug-likeness (QED) is 0.688. The van der Waals surface area contributed by atoms with Gasteiger partial charge in [0.2, 0.25) is 0 Å². The molecule has 0 aliphatic heterocycles.